The second-order valence-electron chi connectivity index (χ2n) is 6.00. The maximum absolute atomic E-state index is 4.74. The summed E-state index contributed by atoms with van der Waals surface area (Å²) in [6, 6.07) is 10.5. The van der Waals surface area contributed by atoms with Gasteiger partial charge in [-0.05, 0) is 24.3 Å². The summed E-state index contributed by atoms with van der Waals surface area (Å²) >= 11 is 1.91. The quantitative estimate of drug-likeness (QED) is 0.886. The van der Waals surface area contributed by atoms with Crippen molar-refractivity contribution in [3.8, 4) is 0 Å². The molecule has 2 atom stereocenters. The van der Waals surface area contributed by atoms with Gasteiger partial charge in [0, 0.05) is 11.3 Å². The Morgan fingerprint density at radius 3 is 3.00 bits per heavy atom. The van der Waals surface area contributed by atoms with Gasteiger partial charge in [0.1, 0.15) is 0 Å². The second kappa shape index (κ2) is 5.58. The van der Waals surface area contributed by atoms with E-state index in [0.29, 0.717) is 5.54 Å². The van der Waals surface area contributed by atoms with Gasteiger partial charge in [-0.3, -0.25) is 4.99 Å². The van der Waals surface area contributed by atoms with Crippen molar-refractivity contribution in [1.82, 2.24) is 5.32 Å². The van der Waals surface area contributed by atoms with Crippen molar-refractivity contribution in [2.24, 2.45) is 10.9 Å². The van der Waals surface area contributed by atoms with Gasteiger partial charge in [-0.2, -0.15) is 0 Å². The van der Waals surface area contributed by atoms with Gasteiger partial charge in [0.25, 0.3) is 0 Å². The van der Waals surface area contributed by atoms with Crippen molar-refractivity contribution in [3.05, 3.63) is 35.9 Å². The first-order valence-corrected chi connectivity index (χ1v) is 8.24. The van der Waals surface area contributed by atoms with Crippen LogP contribution < -0.4 is 5.32 Å². The molecule has 2 nitrogen and oxygen atoms in total. The van der Waals surface area contributed by atoms with Crippen LogP contribution >= 0.6 is 11.8 Å². The van der Waals surface area contributed by atoms with Gasteiger partial charge in [0.05, 0.1) is 6.54 Å². The Bertz CT molecular complexity index is 457. The monoisotopic (exact) mass is 274 g/mol. The molecule has 1 heterocycles. The molecule has 0 aromatic heterocycles. The molecule has 3 rings (SSSR count). The van der Waals surface area contributed by atoms with Crippen LogP contribution in [-0.4, -0.2) is 16.5 Å². The van der Waals surface area contributed by atoms with Gasteiger partial charge in [-0.15, -0.1) is 0 Å². The van der Waals surface area contributed by atoms with Crippen LogP contribution in [0.25, 0.3) is 0 Å². The summed E-state index contributed by atoms with van der Waals surface area (Å²) in [6.45, 7) is 3.17. The number of hydrogen-bond acceptors (Lipinski definition) is 2. The predicted octanol–water partition coefficient (Wildman–Crippen LogP) is 3.83. The maximum atomic E-state index is 4.74. The van der Waals surface area contributed by atoms with Crippen LogP contribution in [0.2, 0.25) is 0 Å². The van der Waals surface area contributed by atoms with Crippen LogP contribution in [-0.2, 0) is 6.54 Å². The fourth-order valence-electron chi connectivity index (χ4n) is 3.24. The van der Waals surface area contributed by atoms with Crippen molar-refractivity contribution >= 4 is 16.9 Å². The summed E-state index contributed by atoms with van der Waals surface area (Å²) in [7, 11) is 0. The van der Waals surface area contributed by atoms with E-state index in [1.165, 1.54) is 37.0 Å². The Balaban J connectivity index is 1.62. The standard InChI is InChI=1S/C16H22N2S/c1-13-6-5-9-16(10-13)12-19-15(18-16)17-11-14-7-3-2-4-8-14/h2-4,7-8,13H,5-6,9-12H2,1H3,(H,17,18). The molecule has 0 bridgehead atoms. The molecule has 1 aliphatic heterocycles. The van der Waals surface area contributed by atoms with E-state index >= 15 is 0 Å². The molecule has 2 fully saturated rings. The van der Waals surface area contributed by atoms with E-state index in [1.54, 1.807) is 0 Å². The van der Waals surface area contributed by atoms with E-state index in [4.69, 9.17) is 4.99 Å². The largest absolute Gasteiger partial charge is 0.359 e. The number of amidine groups is 1. The fourth-order valence-corrected chi connectivity index (χ4v) is 4.43. The first-order valence-electron chi connectivity index (χ1n) is 7.25. The highest BCUT2D eigenvalue weighted by Crippen LogP contribution is 2.38. The molecule has 1 saturated carbocycles. The summed E-state index contributed by atoms with van der Waals surface area (Å²) in [6.07, 6.45) is 5.38. The molecule has 0 amide bonds. The molecule has 3 heteroatoms. The maximum Gasteiger partial charge on any atom is 0.157 e. The topological polar surface area (TPSA) is 24.4 Å². The molecule has 1 aromatic carbocycles. The molecule has 102 valence electrons. The third-order valence-corrected chi connectivity index (χ3v) is 5.40. The van der Waals surface area contributed by atoms with E-state index in [9.17, 15) is 0 Å². The molecule has 1 spiro atoms. The molecule has 2 unspecified atom stereocenters. The number of aliphatic imine (C=N–C) groups is 1. The minimum absolute atomic E-state index is 0.345. The Morgan fingerprint density at radius 1 is 1.37 bits per heavy atom. The van der Waals surface area contributed by atoms with E-state index < -0.39 is 0 Å². The summed E-state index contributed by atoms with van der Waals surface area (Å²) < 4.78 is 0. The van der Waals surface area contributed by atoms with Gasteiger partial charge in [0.2, 0.25) is 0 Å². The molecule has 0 radical (unpaired) electrons. The van der Waals surface area contributed by atoms with Gasteiger partial charge < -0.3 is 5.32 Å². The first-order chi connectivity index (χ1) is 9.26. The van der Waals surface area contributed by atoms with Crippen molar-refractivity contribution in [2.75, 3.05) is 5.75 Å². The lowest BCUT2D eigenvalue weighted by Crippen LogP contribution is -2.47. The smallest absolute Gasteiger partial charge is 0.157 e. The van der Waals surface area contributed by atoms with Crippen LogP contribution in [0.3, 0.4) is 0 Å². The fraction of sp³-hybridized carbons (Fsp3) is 0.562. The normalized spacial score (nSPS) is 32.7. The third-order valence-electron chi connectivity index (χ3n) is 4.20. The average molecular weight is 274 g/mol. The molecular formula is C16H22N2S. The summed E-state index contributed by atoms with van der Waals surface area (Å²) in [5.41, 5.74) is 1.63. The van der Waals surface area contributed by atoms with Crippen LogP contribution in [0.4, 0.5) is 0 Å². The molecule has 19 heavy (non-hydrogen) atoms. The first kappa shape index (κ1) is 13.0. The minimum atomic E-state index is 0.345. The van der Waals surface area contributed by atoms with E-state index in [0.717, 1.165) is 17.6 Å². The molecule has 1 aliphatic carbocycles. The summed E-state index contributed by atoms with van der Waals surface area (Å²) in [5, 5.41) is 4.87. The van der Waals surface area contributed by atoms with Gasteiger partial charge in [-0.25, -0.2) is 0 Å². The summed E-state index contributed by atoms with van der Waals surface area (Å²) in [4.78, 5) is 4.74. The lowest BCUT2D eigenvalue weighted by atomic mass is 9.78. The number of nitrogens with one attached hydrogen (secondary N) is 1. The molecule has 1 saturated heterocycles. The summed E-state index contributed by atoms with van der Waals surface area (Å²) in [5.74, 6) is 2.06. The van der Waals surface area contributed by atoms with Gasteiger partial charge in [-0.1, -0.05) is 61.9 Å². The molecular weight excluding hydrogens is 252 g/mol. The zero-order valence-electron chi connectivity index (χ0n) is 11.6. The number of benzene rings is 1. The van der Waals surface area contributed by atoms with Crippen LogP contribution in [0.1, 0.15) is 38.2 Å². The minimum Gasteiger partial charge on any atom is -0.359 e. The van der Waals surface area contributed by atoms with E-state index in [-0.39, 0.29) is 0 Å². The number of nitrogens with zero attached hydrogens (tertiary/aromatic N) is 1. The van der Waals surface area contributed by atoms with Gasteiger partial charge >= 0.3 is 0 Å². The lowest BCUT2D eigenvalue weighted by Gasteiger charge is -2.36. The third kappa shape index (κ3) is 3.14. The van der Waals surface area contributed by atoms with Crippen molar-refractivity contribution in [3.63, 3.8) is 0 Å². The van der Waals surface area contributed by atoms with E-state index in [1.807, 2.05) is 11.8 Å². The Morgan fingerprint density at radius 2 is 2.21 bits per heavy atom. The number of thioether (sulfide) groups is 1. The number of rotatable bonds is 2. The van der Waals surface area contributed by atoms with E-state index in [2.05, 4.69) is 42.6 Å². The highest BCUT2D eigenvalue weighted by atomic mass is 32.2. The Hall–Kier alpha value is -0.960. The molecule has 1 aromatic rings. The SMILES string of the molecule is CC1CCCC2(CSC(=NCc3ccccc3)N2)C1. The molecule has 1 N–H and O–H groups in total. The second-order valence-corrected chi connectivity index (χ2v) is 6.97. The lowest BCUT2D eigenvalue weighted by molar-refractivity contribution is 0.242. The van der Waals surface area contributed by atoms with Crippen LogP contribution in [0.15, 0.2) is 35.3 Å². The van der Waals surface area contributed by atoms with Crippen molar-refractivity contribution in [2.45, 2.75) is 44.7 Å². The highest BCUT2D eigenvalue weighted by molar-refractivity contribution is 8.14. The van der Waals surface area contributed by atoms with Crippen molar-refractivity contribution in [1.29, 1.82) is 0 Å². The predicted molar refractivity (Wildman–Crippen MR) is 83.5 cm³/mol. The van der Waals surface area contributed by atoms with Crippen LogP contribution in [0.5, 0.6) is 0 Å². The zero-order chi connectivity index (χ0) is 13.1. The molecule has 2 aliphatic rings. The highest BCUT2D eigenvalue weighted by Gasteiger charge is 2.40. The van der Waals surface area contributed by atoms with Crippen LogP contribution in [0, 0.1) is 5.92 Å². The Labute approximate surface area is 120 Å². The number of hydrogen-bond donors (Lipinski definition) is 1. The zero-order valence-corrected chi connectivity index (χ0v) is 12.4. The van der Waals surface area contributed by atoms with Gasteiger partial charge in [0.15, 0.2) is 5.17 Å². The van der Waals surface area contributed by atoms with Crippen molar-refractivity contribution < 1.29 is 0 Å². The Kier molecular flexibility index (Phi) is 3.83. The average Bonchev–Trinajstić information content (AvgIpc) is 2.80.